The van der Waals surface area contributed by atoms with E-state index in [0.29, 0.717) is 78.5 Å². The highest BCUT2D eigenvalue weighted by Gasteiger charge is 2.70. The van der Waals surface area contributed by atoms with Crippen LogP contribution in [-0.2, 0) is 19.4 Å². The van der Waals surface area contributed by atoms with E-state index in [1.165, 1.54) is 62.5 Å². The topological polar surface area (TPSA) is 75.7 Å². The Balaban J connectivity index is 1.09. The zero-order valence-electron chi connectivity index (χ0n) is 37.8. The zero-order valence-corrected chi connectivity index (χ0v) is 39.7. The van der Waals surface area contributed by atoms with E-state index in [4.69, 9.17) is 4.74 Å². The Hall–Kier alpha value is -1.03. The Kier molecular flexibility index (Phi) is 11.9. The molecule has 1 saturated heterocycles. The van der Waals surface area contributed by atoms with E-state index in [2.05, 4.69) is 90.5 Å². The first-order valence-corrected chi connectivity index (χ1v) is 28.9. The van der Waals surface area contributed by atoms with E-state index in [1.54, 1.807) is 0 Å². The highest BCUT2D eigenvalue weighted by atomic mass is 32.2. The lowest BCUT2D eigenvalue weighted by molar-refractivity contribution is -0.223. The van der Waals surface area contributed by atoms with Crippen LogP contribution in [0, 0.1) is 62.6 Å². The average Bonchev–Trinajstić information content (AvgIpc) is 3.52. The number of fused-ring (bicyclic) bond motifs is 7. The first-order valence-electron chi connectivity index (χ1n) is 23.4. The molecule has 0 unspecified atom stereocenters. The minimum atomic E-state index is -2.86. The summed E-state index contributed by atoms with van der Waals surface area (Å²) in [7, 11) is -4.20. The van der Waals surface area contributed by atoms with Gasteiger partial charge in [0.2, 0.25) is 0 Å². The van der Waals surface area contributed by atoms with Gasteiger partial charge in [-0.2, -0.15) is 0 Å². The number of nitrogens with one attached hydrogen (secondary N) is 1. The molecule has 0 radical (unpaired) electrons. The van der Waals surface area contributed by atoms with E-state index < -0.39 is 30.0 Å². The molecule has 7 rings (SSSR count). The van der Waals surface area contributed by atoms with Crippen molar-refractivity contribution in [2.45, 2.75) is 157 Å². The van der Waals surface area contributed by atoms with Crippen molar-refractivity contribution < 1.29 is 22.3 Å². The summed E-state index contributed by atoms with van der Waals surface area (Å²) in [6, 6.07) is 0.914. The maximum absolute atomic E-state index is 14.7. The predicted octanol–water partition coefficient (Wildman–Crippen LogP) is 10.3. The predicted molar refractivity (Wildman–Crippen MR) is 235 cm³/mol. The SMILES string of the molecule is CC(C)[C@@H]1CC[C@]2(NCCN3CCS(=O)(=O)CC3)CC[C@]3(C)[C@H](CC[C@@H]4[C@@]5(C)CC=C(C6=CC[C@@](CF)(C(=O)OCC[Si](C)(C)C)CC6)C(C)(C)[C@@H]5CC[C@]43C)[C@@H]12. The van der Waals surface area contributed by atoms with Gasteiger partial charge >= 0.3 is 5.97 Å². The molecule has 0 aromatic rings. The highest BCUT2D eigenvalue weighted by Crippen LogP contribution is 2.76. The van der Waals surface area contributed by atoms with Crippen LogP contribution >= 0.6 is 0 Å². The quantitative estimate of drug-likeness (QED) is 0.165. The number of alkyl halides is 1. The van der Waals surface area contributed by atoms with Gasteiger partial charge in [0, 0.05) is 39.8 Å². The number of carbonyl (C=O) groups excluding carboxylic acids is 1. The Labute approximate surface area is 348 Å². The molecule has 1 N–H and O–H groups in total. The summed E-state index contributed by atoms with van der Waals surface area (Å²) >= 11 is 0. The van der Waals surface area contributed by atoms with E-state index >= 15 is 0 Å². The number of ether oxygens (including phenoxy) is 1. The van der Waals surface area contributed by atoms with Gasteiger partial charge in [-0.05, 0) is 151 Å². The number of carbonyl (C=O) groups is 1. The van der Waals surface area contributed by atoms with Crippen LogP contribution in [0.3, 0.4) is 0 Å². The van der Waals surface area contributed by atoms with Crippen LogP contribution in [0.15, 0.2) is 23.3 Å². The average molecular weight is 829 g/mol. The standard InChI is InChI=1S/C48H81FN2O4SSi/c1-34(2)36-15-22-48(50-25-26-51-27-30-56(53,54)31-28-51)24-23-45(6)38(41(36)48)11-12-40-44(5)18-16-37(43(3,4)39(44)17-19-46(40,45)7)35-13-20-47(33-49,21-14-35)42(52)55-29-32-57(8,9)10/h13,16,34,36,38-41,50H,11-12,14-15,17-33H2,1-10H3/t36-,38+,39-,40+,41+,44-,45+,46+,47+,48-/m0/s1. The summed E-state index contributed by atoms with van der Waals surface area (Å²) in [5.74, 6) is 4.41. The minimum Gasteiger partial charge on any atom is -0.465 e. The highest BCUT2D eigenvalue weighted by molar-refractivity contribution is 7.91. The molecule has 1 heterocycles. The largest absolute Gasteiger partial charge is 0.465 e. The van der Waals surface area contributed by atoms with Gasteiger partial charge in [-0.3, -0.25) is 4.79 Å². The molecule has 0 aromatic carbocycles. The molecule has 57 heavy (non-hydrogen) atoms. The number of sulfone groups is 1. The van der Waals surface area contributed by atoms with E-state index in [0.717, 1.165) is 43.8 Å². The molecule has 6 aliphatic carbocycles. The third-order valence-corrected chi connectivity index (χ3v) is 22.3. The van der Waals surface area contributed by atoms with Crippen LogP contribution in [0.25, 0.3) is 0 Å². The number of nitrogens with zero attached hydrogens (tertiary/aromatic N) is 1. The molecule has 6 nitrogen and oxygen atoms in total. The molecular formula is C48H81FN2O4SSi. The number of allylic oxidation sites excluding steroid dienone is 4. The molecule has 1 aliphatic heterocycles. The molecule has 5 fully saturated rings. The Bertz CT molecular complexity index is 1690. The molecule has 7 aliphatic rings. The van der Waals surface area contributed by atoms with Crippen molar-refractivity contribution in [1.29, 1.82) is 0 Å². The fraction of sp³-hybridized carbons (Fsp3) is 0.896. The normalized spacial score (nSPS) is 42.9. The van der Waals surface area contributed by atoms with Crippen molar-refractivity contribution in [3.8, 4) is 0 Å². The van der Waals surface area contributed by atoms with Gasteiger partial charge in [-0.1, -0.05) is 80.3 Å². The number of hydrogen-bond donors (Lipinski definition) is 1. The number of esters is 1. The first-order chi connectivity index (χ1) is 26.6. The lowest BCUT2D eigenvalue weighted by Gasteiger charge is -2.72. The third-order valence-electron chi connectivity index (χ3n) is 19.0. The maximum Gasteiger partial charge on any atom is 0.315 e. The Morgan fingerprint density at radius 1 is 0.912 bits per heavy atom. The summed E-state index contributed by atoms with van der Waals surface area (Å²) in [5, 5.41) is 4.26. The molecule has 0 bridgehead atoms. The molecule has 324 valence electrons. The zero-order chi connectivity index (χ0) is 41.5. The molecule has 0 amide bonds. The fourth-order valence-corrected chi connectivity index (χ4v) is 17.4. The Morgan fingerprint density at radius 2 is 1.63 bits per heavy atom. The lowest BCUT2D eigenvalue weighted by Crippen LogP contribution is -2.68. The summed E-state index contributed by atoms with van der Waals surface area (Å²) in [4.78, 5) is 15.7. The lowest BCUT2D eigenvalue weighted by atomic mass is 9.32. The minimum absolute atomic E-state index is 0.0177. The third kappa shape index (κ3) is 7.54. The van der Waals surface area contributed by atoms with Crippen molar-refractivity contribution in [1.82, 2.24) is 10.2 Å². The molecule has 10 atom stereocenters. The van der Waals surface area contributed by atoms with Gasteiger partial charge in [-0.15, -0.1) is 0 Å². The van der Waals surface area contributed by atoms with Gasteiger partial charge in [0.1, 0.15) is 6.67 Å². The second kappa shape index (κ2) is 15.4. The second-order valence-corrected chi connectivity index (χ2v) is 31.5. The maximum atomic E-state index is 14.7. The number of rotatable bonds is 11. The number of halogens is 1. The van der Waals surface area contributed by atoms with Gasteiger partial charge in [-0.25, -0.2) is 12.8 Å². The fourth-order valence-electron chi connectivity index (χ4n) is 15.4. The van der Waals surface area contributed by atoms with Crippen molar-refractivity contribution in [2.24, 2.45) is 62.6 Å². The molecule has 0 spiro atoms. The molecular weight excluding hydrogens is 748 g/mol. The van der Waals surface area contributed by atoms with E-state index in [1.807, 2.05) is 0 Å². The van der Waals surface area contributed by atoms with Crippen molar-refractivity contribution in [3.63, 3.8) is 0 Å². The van der Waals surface area contributed by atoms with Crippen molar-refractivity contribution >= 4 is 23.9 Å². The van der Waals surface area contributed by atoms with Crippen LogP contribution in [0.1, 0.15) is 126 Å². The van der Waals surface area contributed by atoms with Gasteiger partial charge in [0.15, 0.2) is 9.84 Å². The summed E-state index contributed by atoms with van der Waals surface area (Å²) in [6.07, 6.45) is 18.1. The van der Waals surface area contributed by atoms with Crippen molar-refractivity contribution in [3.05, 3.63) is 23.3 Å². The molecule has 0 aromatic heterocycles. The van der Waals surface area contributed by atoms with E-state index in [-0.39, 0.29) is 22.3 Å². The first kappa shape index (κ1) is 44.0. The smallest absolute Gasteiger partial charge is 0.315 e. The summed E-state index contributed by atoms with van der Waals surface area (Å²) in [5.41, 5.74) is 2.84. The van der Waals surface area contributed by atoms with Gasteiger partial charge in [0.25, 0.3) is 0 Å². The summed E-state index contributed by atoms with van der Waals surface area (Å²) in [6.45, 7) is 28.0. The van der Waals surface area contributed by atoms with Crippen molar-refractivity contribution in [2.75, 3.05) is 51.0 Å². The van der Waals surface area contributed by atoms with Gasteiger partial charge < -0.3 is 15.0 Å². The van der Waals surface area contributed by atoms with Crippen LogP contribution in [0.5, 0.6) is 0 Å². The van der Waals surface area contributed by atoms with Crippen LogP contribution in [0.4, 0.5) is 4.39 Å². The summed E-state index contributed by atoms with van der Waals surface area (Å²) < 4.78 is 44.6. The number of hydrogen-bond acceptors (Lipinski definition) is 6. The van der Waals surface area contributed by atoms with Crippen LogP contribution in [-0.4, -0.2) is 83.9 Å². The second-order valence-electron chi connectivity index (χ2n) is 23.6. The Morgan fingerprint density at radius 3 is 2.26 bits per heavy atom. The van der Waals surface area contributed by atoms with Crippen LogP contribution in [0.2, 0.25) is 25.7 Å². The van der Waals surface area contributed by atoms with E-state index in [9.17, 15) is 17.6 Å². The van der Waals surface area contributed by atoms with Crippen LogP contribution < -0.4 is 5.32 Å². The molecule has 4 saturated carbocycles. The molecule has 9 heteroatoms. The van der Waals surface area contributed by atoms with Gasteiger partial charge in [0.05, 0.1) is 23.5 Å². The monoisotopic (exact) mass is 829 g/mol.